The molecule has 0 fully saturated rings. The molecule has 88 valence electrons. The fourth-order valence-electron chi connectivity index (χ4n) is 1.20. The highest BCUT2D eigenvalue weighted by atomic mass is 35.5. The Morgan fingerprint density at radius 1 is 1.12 bits per heavy atom. The summed E-state index contributed by atoms with van der Waals surface area (Å²) in [5.41, 5.74) is 0.267. The van der Waals surface area contributed by atoms with Crippen LogP contribution in [0.15, 0.2) is 24.4 Å². The molecular weight excluding hydrogens is 271 g/mol. The average molecular weight is 276 g/mol. The number of rotatable bonds is 2. The molecular formula is C10H5Cl2F2N3. The molecule has 0 saturated carbocycles. The molecule has 0 spiro atoms. The van der Waals surface area contributed by atoms with E-state index in [0.717, 1.165) is 18.3 Å². The quantitative estimate of drug-likeness (QED) is 0.847. The molecule has 0 unspecified atom stereocenters. The largest absolute Gasteiger partial charge is 0.338 e. The Bertz CT molecular complexity index is 543. The summed E-state index contributed by atoms with van der Waals surface area (Å²) in [5.74, 6) is -1.39. The van der Waals surface area contributed by atoms with Crippen molar-refractivity contribution >= 4 is 34.7 Å². The van der Waals surface area contributed by atoms with Crippen molar-refractivity contribution in [2.45, 2.75) is 0 Å². The fourth-order valence-corrected chi connectivity index (χ4v) is 1.55. The summed E-state index contributed by atoms with van der Waals surface area (Å²) >= 11 is 11.2. The first-order valence-corrected chi connectivity index (χ1v) is 5.21. The second-order valence-electron chi connectivity index (χ2n) is 3.12. The highest BCUT2D eigenvalue weighted by Gasteiger charge is 2.07. The molecule has 0 amide bonds. The third kappa shape index (κ3) is 3.01. The summed E-state index contributed by atoms with van der Waals surface area (Å²) in [7, 11) is 0. The van der Waals surface area contributed by atoms with Crippen LogP contribution in [-0.2, 0) is 0 Å². The molecule has 0 aliphatic carbocycles. The van der Waals surface area contributed by atoms with Crippen LogP contribution in [-0.4, -0.2) is 9.97 Å². The molecule has 0 saturated heterocycles. The van der Waals surface area contributed by atoms with Gasteiger partial charge in [-0.1, -0.05) is 11.6 Å². The maximum atomic E-state index is 13.3. The van der Waals surface area contributed by atoms with Gasteiger partial charge in [0.15, 0.2) is 11.6 Å². The number of hydrogen-bond donors (Lipinski definition) is 1. The summed E-state index contributed by atoms with van der Waals surface area (Å²) in [6.07, 6.45) is 0.915. The monoisotopic (exact) mass is 275 g/mol. The van der Waals surface area contributed by atoms with Gasteiger partial charge < -0.3 is 5.32 Å². The van der Waals surface area contributed by atoms with Gasteiger partial charge in [-0.2, -0.15) is 4.98 Å². The van der Waals surface area contributed by atoms with E-state index in [1.54, 1.807) is 0 Å². The Kier molecular flexibility index (Phi) is 3.40. The van der Waals surface area contributed by atoms with Crippen molar-refractivity contribution < 1.29 is 8.78 Å². The van der Waals surface area contributed by atoms with E-state index in [2.05, 4.69) is 15.3 Å². The van der Waals surface area contributed by atoms with E-state index >= 15 is 0 Å². The van der Waals surface area contributed by atoms with Crippen molar-refractivity contribution in [3.05, 3.63) is 46.3 Å². The molecule has 0 aliphatic heterocycles. The number of nitrogens with zero attached hydrogens (tertiary/aromatic N) is 2. The van der Waals surface area contributed by atoms with Crippen molar-refractivity contribution in [2.24, 2.45) is 0 Å². The maximum Gasteiger partial charge on any atom is 0.224 e. The van der Waals surface area contributed by atoms with E-state index in [0.29, 0.717) is 0 Å². The van der Waals surface area contributed by atoms with Gasteiger partial charge in [0.2, 0.25) is 5.28 Å². The summed E-state index contributed by atoms with van der Waals surface area (Å²) in [5, 5.41) is 2.63. The van der Waals surface area contributed by atoms with Gasteiger partial charge in [0.05, 0.1) is 6.20 Å². The van der Waals surface area contributed by atoms with Crippen LogP contribution in [0.4, 0.5) is 20.3 Å². The zero-order chi connectivity index (χ0) is 12.4. The Labute approximate surface area is 105 Å². The van der Waals surface area contributed by atoms with Gasteiger partial charge in [-0.3, -0.25) is 0 Å². The normalized spacial score (nSPS) is 10.4. The third-order valence-electron chi connectivity index (χ3n) is 1.84. The molecule has 1 N–H and O–H groups in total. The predicted molar refractivity (Wildman–Crippen MR) is 61.7 cm³/mol. The lowest BCUT2D eigenvalue weighted by Gasteiger charge is -2.07. The second kappa shape index (κ2) is 4.81. The smallest absolute Gasteiger partial charge is 0.224 e. The molecule has 1 heterocycles. The van der Waals surface area contributed by atoms with Crippen LogP contribution in [0.25, 0.3) is 0 Å². The Balaban J connectivity index is 2.34. The zero-order valence-electron chi connectivity index (χ0n) is 8.22. The van der Waals surface area contributed by atoms with Crippen molar-refractivity contribution in [1.29, 1.82) is 0 Å². The van der Waals surface area contributed by atoms with Crippen LogP contribution in [0.5, 0.6) is 0 Å². The van der Waals surface area contributed by atoms with E-state index in [1.807, 2.05) is 0 Å². The molecule has 0 bridgehead atoms. The minimum absolute atomic E-state index is 0.114. The topological polar surface area (TPSA) is 37.8 Å². The van der Waals surface area contributed by atoms with Crippen molar-refractivity contribution in [1.82, 2.24) is 9.97 Å². The molecule has 7 heteroatoms. The predicted octanol–water partition coefficient (Wildman–Crippen LogP) is 3.81. The maximum absolute atomic E-state index is 13.3. The SMILES string of the molecule is Fc1cc(Cl)cc(Nc2nc(Cl)ncc2F)c1. The summed E-state index contributed by atoms with van der Waals surface area (Å²) < 4.78 is 26.3. The standard InChI is InChI=1S/C10H5Cl2F2N3/c11-5-1-6(13)3-7(2-5)16-9-8(14)4-15-10(12)17-9/h1-4H,(H,15,16,17). The van der Waals surface area contributed by atoms with Gasteiger partial charge in [-0.25, -0.2) is 13.8 Å². The van der Waals surface area contributed by atoms with Gasteiger partial charge in [-0.05, 0) is 29.8 Å². The van der Waals surface area contributed by atoms with E-state index < -0.39 is 11.6 Å². The van der Waals surface area contributed by atoms with E-state index in [4.69, 9.17) is 23.2 Å². The van der Waals surface area contributed by atoms with Crippen LogP contribution in [0.3, 0.4) is 0 Å². The van der Waals surface area contributed by atoms with Crippen LogP contribution in [0.1, 0.15) is 0 Å². The summed E-state index contributed by atoms with van der Waals surface area (Å²) in [6, 6.07) is 3.72. The number of anilines is 2. The number of benzene rings is 1. The van der Waals surface area contributed by atoms with Gasteiger partial charge in [0.1, 0.15) is 5.82 Å². The molecule has 0 radical (unpaired) electrons. The molecule has 0 atom stereocenters. The van der Waals surface area contributed by atoms with Gasteiger partial charge >= 0.3 is 0 Å². The molecule has 1 aromatic heterocycles. The van der Waals surface area contributed by atoms with Gasteiger partial charge in [0, 0.05) is 10.7 Å². The van der Waals surface area contributed by atoms with Crippen molar-refractivity contribution in [3.8, 4) is 0 Å². The lowest BCUT2D eigenvalue weighted by atomic mass is 10.3. The number of nitrogens with one attached hydrogen (secondary N) is 1. The number of halogens is 4. The Morgan fingerprint density at radius 3 is 2.59 bits per heavy atom. The lowest BCUT2D eigenvalue weighted by molar-refractivity contribution is 0.618. The minimum atomic E-state index is -0.699. The lowest BCUT2D eigenvalue weighted by Crippen LogP contribution is -1.99. The van der Waals surface area contributed by atoms with Gasteiger partial charge in [0.25, 0.3) is 0 Å². The third-order valence-corrected chi connectivity index (χ3v) is 2.24. The zero-order valence-corrected chi connectivity index (χ0v) is 9.73. The van der Waals surface area contributed by atoms with E-state index in [9.17, 15) is 8.78 Å². The van der Waals surface area contributed by atoms with Crippen LogP contribution >= 0.6 is 23.2 Å². The highest BCUT2D eigenvalue weighted by molar-refractivity contribution is 6.30. The first kappa shape index (κ1) is 12.0. The summed E-state index contributed by atoms with van der Waals surface area (Å²) in [4.78, 5) is 7.09. The van der Waals surface area contributed by atoms with Gasteiger partial charge in [-0.15, -0.1) is 0 Å². The number of hydrogen-bond acceptors (Lipinski definition) is 3. The van der Waals surface area contributed by atoms with Crippen LogP contribution < -0.4 is 5.32 Å². The molecule has 3 nitrogen and oxygen atoms in total. The number of aromatic nitrogens is 2. The second-order valence-corrected chi connectivity index (χ2v) is 3.89. The first-order valence-electron chi connectivity index (χ1n) is 4.46. The molecule has 0 aliphatic rings. The van der Waals surface area contributed by atoms with E-state index in [-0.39, 0.29) is 21.8 Å². The van der Waals surface area contributed by atoms with Crippen LogP contribution in [0, 0.1) is 11.6 Å². The Hall–Kier alpha value is -1.46. The molecule has 1 aromatic carbocycles. The van der Waals surface area contributed by atoms with Crippen LogP contribution in [0.2, 0.25) is 10.3 Å². The first-order chi connectivity index (χ1) is 8.04. The minimum Gasteiger partial charge on any atom is -0.338 e. The molecule has 2 rings (SSSR count). The highest BCUT2D eigenvalue weighted by Crippen LogP contribution is 2.22. The van der Waals surface area contributed by atoms with E-state index in [1.165, 1.54) is 6.07 Å². The molecule has 17 heavy (non-hydrogen) atoms. The summed E-state index contributed by atoms with van der Waals surface area (Å²) in [6.45, 7) is 0. The van der Waals surface area contributed by atoms with Crippen molar-refractivity contribution in [3.63, 3.8) is 0 Å². The Morgan fingerprint density at radius 2 is 1.88 bits per heavy atom. The van der Waals surface area contributed by atoms with Crippen molar-refractivity contribution in [2.75, 3.05) is 5.32 Å². The fraction of sp³-hybridized carbons (Fsp3) is 0. The molecule has 2 aromatic rings. The average Bonchev–Trinajstić information content (AvgIpc) is 2.22.